The third-order valence-corrected chi connectivity index (χ3v) is 4.24. The minimum atomic E-state index is -0.231. The third kappa shape index (κ3) is 17.8. The van der Waals surface area contributed by atoms with Crippen molar-refractivity contribution in [3.63, 3.8) is 0 Å². The van der Waals surface area contributed by atoms with E-state index < -0.39 is 0 Å². The highest BCUT2D eigenvalue weighted by Crippen LogP contribution is 2.10. The molecule has 3 nitrogen and oxygen atoms in total. The van der Waals surface area contributed by atoms with Crippen molar-refractivity contribution in [3.8, 4) is 0 Å². The molecular formula is C21H42O3. The predicted molar refractivity (Wildman–Crippen MR) is 103 cm³/mol. The van der Waals surface area contributed by atoms with Gasteiger partial charge < -0.3 is 14.6 Å². The Kier molecular flexibility index (Phi) is 20.0. The fourth-order valence-electron chi connectivity index (χ4n) is 2.60. The van der Waals surface area contributed by atoms with Crippen molar-refractivity contribution < 1.29 is 14.6 Å². The van der Waals surface area contributed by atoms with E-state index in [1.165, 1.54) is 70.6 Å². The van der Waals surface area contributed by atoms with Crippen LogP contribution in [0.3, 0.4) is 0 Å². The Morgan fingerprint density at radius 1 is 0.792 bits per heavy atom. The molecule has 0 aliphatic rings. The second kappa shape index (κ2) is 20.5. The Labute approximate surface area is 150 Å². The normalized spacial score (nSPS) is 12.8. The number of hydrogen-bond donors (Lipinski definition) is 1. The second-order valence-electron chi connectivity index (χ2n) is 6.71. The van der Waals surface area contributed by atoms with Gasteiger partial charge in [-0.2, -0.15) is 0 Å². The fourth-order valence-corrected chi connectivity index (χ4v) is 2.60. The van der Waals surface area contributed by atoms with E-state index in [2.05, 4.69) is 13.8 Å². The average molecular weight is 343 g/mol. The van der Waals surface area contributed by atoms with Crippen molar-refractivity contribution >= 4 is 0 Å². The van der Waals surface area contributed by atoms with Gasteiger partial charge in [-0.05, 0) is 25.3 Å². The Hall–Kier alpha value is -0.540. The molecule has 0 aromatic heterocycles. The molecule has 0 spiro atoms. The highest BCUT2D eigenvalue weighted by Gasteiger charge is 2.06. The highest BCUT2D eigenvalue weighted by atomic mass is 16.5. The van der Waals surface area contributed by atoms with Crippen LogP contribution in [0.1, 0.15) is 97.3 Å². The smallest absolute Gasteiger partial charge is 0.144 e. The second-order valence-corrected chi connectivity index (χ2v) is 6.71. The average Bonchev–Trinajstić information content (AvgIpc) is 2.60. The van der Waals surface area contributed by atoms with Crippen LogP contribution < -0.4 is 0 Å². The van der Waals surface area contributed by atoms with Crippen LogP contribution in [0, 0.1) is 0 Å². The molecule has 144 valence electrons. The molecular weight excluding hydrogens is 300 g/mol. The Morgan fingerprint density at radius 3 is 1.96 bits per heavy atom. The van der Waals surface area contributed by atoms with Crippen molar-refractivity contribution in [2.75, 3.05) is 19.8 Å². The lowest BCUT2D eigenvalue weighted by Crippen LogP contribution is -2.22. The standard InChI is InChI=1S/C21H42O3/c1-3-5-7-9-10-11-12-13-14-15-17-23-20-21(19-22)24-18-16-8-6-4-2/h16,18,21-22H,3-15,17,19-20H2,1-2H3. The van der Waals surface area contributed by atoms with E-state index in [-0.39, 0.29) is 12.7 Å². The van der Waals surface area contributed by atoms with Gasteiger partial charge in [0.25, 0.3) is 0 Å². The van der Waals surface area contributed by atoms with Gasteiger partial charge in [0.05, 0.1) is 19.5 Å². The quantitative estimate of drug-likeness (QED) is 0.231. The SMILES string of the molecule is CCCCC=COC(CO)COCCCCCCCCCCCC. The molecule has 0 aromatic carbocycles. The summed E-state index contributed by atoms with van der Waals surface area (Å²) in [7, 11) is 0. The minimum Gasteiger partial charge on any atom is -0.494 e. The molecule has 1 atom stereocenters. The summed E-state index contributed by atoms with van der Waals surface area (Å²) in [6.45, 7) is 5.70. The lowest BCUT2D eigenvalue weighted by Gasteiger charge is -2.14. The molecule has 1 unspecified atom stereocenters. The zero-order valence-electron chi connectivity index (χ0n) is 16.3. The van der Waals surface area contributed by atoms with Gasteiger partial charge >= 0.3 is 0 Å². The number of aliphatic hydroxyl groups is 1. The summed E-state index contributed by atoms with van der Waals surface area (Å²) in [5.74, 6) is 0. The van der Waals surface area contributed by atoms with Gasteiger partial charge in [0, 0.05) is 6.61 Å². The Balaban J connectivity index is 3.30. The zero-order valence-corrected chi connectivity index (χ0v) is 16.3. The summed E-state index contributed by atoms with van der Waals surface area (Å²) in [4.78, 5) is 0. The van der Waals surface area contributed by atoms with Gasteiger partial charge in [0.1, 0.15) is 6.10 Å². The maximum absolute atomic E-state index is 9.27. The first-order valence-electron chi connectivity index (χ1n) is 10.3. The third-order valence-electron chi connectivity index (χ3n) is 4.24. The number of hydrogen-bond acceptors (Lipinski definition) is 3. The molecule has 0 aromatic rings. The van der Waals surface area contributed by atoms with Crippen LogP contribution in [0.5, 0.6) is 0 Å². The molecule has 0 aliphatic heterocycles. The van der Waals surface area contributed by atoms with Gasteiger partial charge in [-0.3, -0.25) is 0 Å². The van der Waals surface area contributed by atoms with Crippen molar-refractivity contribution in [1.29, 1.82) is 0 Å². The van der Waals surface area contributed by atoms with Crippen LogP contribution in [-0.4, -0.2) is 31.0 Å². The fraction of sp³-hybridized carbons (Fsp3) is 0.905. The van der Waals surface area contributed by atoms with E-state index in [4.69, 9.17) is 9.47 Å². The first kappa shape index (κ1) is 23.5. The lowest BCUT2D eigenvalue weighted by molar-refractivity contribution is -0.00352. The number of unbranched alkanes of at least 4 members (excludes halogenated alkanes) is 11. The summed E-state index contributed by atoms with van der Waals surface area (Å²) in [5, 5.41) is 9.27. The Bertz CT molecular complexity index is 253. The van der Waals surface area contributed by atoms with Crippen LogP contribution in [0.15, 0.2) is 12.3 Å². The summed E-state index contributed by atoms with van der Waals surface area (Å²) in [6.07, 6.45) is 20.3. The van der Waals surface area contributed by atoms with Crippen molar-refractivity contribution in [2.45, 2.75) is 103 Å². The van der Waals surface area contributed by atoms with Crippen LogP contribution in [0.25, 0.3) is 0 Å². The Morgan fingerprint density at radius 2 is 1.38 bits per heavy atom. The van der Waals surface area contributed by atoms with E-state index in [0.29, 0.717) is 6.61 Å². The molecule has 0 aliphatic carbocycles. The molecule has 0 rings (SSSR count). The van der Waals surface area contributed by atoms with E-state index >= 15 is 0 Å². The van der Waals surface area contributed by atoms with Crippen LogP contribution in [0.2, 0.25) is 0 Å². The molecule has 0 saturated heterocycles. The first-order valence-corrected chi connectivity index (χ1v) is 10.3. The first-order chi connectivity index (χ1) is 11.8. The maximum Gasteiger partial charge on any atom is 0.144 e. The van der Waals surface area contributed by atoms with E-state index in [1.54, 1.807) is 6.26 Å². The predicted octanol–water partition coefficient (Wildman–Crippen LogP) is 6.01. The van der Waals surface area contributed by atoms with E-state index in [0.717, 1.165) is 19.4 Å². The van der Waals surface area contributed by atoms with Gasteiger partial charge in [-0.25, -0.2) is 0 Å². The van der Waals surface area contributed by atoms with Gasteiger partial charge in [-0.1, -0.05) is 78.1 Å². The summed E-state index contributed by atoms with van der Waals surface area (Å²) in [5.41, 5.74) is 0. The van der Waals surface area contributed by atoms with Crippen molar-refractivity contribution in [2.24, 2.45) is 0 Å². The number of rotatable bonds is 19. The van der Waals surface area contributed by atoms with Gasteiger partial charge in [0.2, 0.25) is 0 Å². The number of aliphatic hydroxyl groups excluding tert-OH is 1. The molecule has 0 radical (unpaired) electrons. The summed E-state index contributed by atoms with van der Waals surface area (Å²) < 4.78 is 11.1. The molecule has 1 N–H and O–H groups in total. The molecule has 24 heavy (non-hydrogen) atoms. The largest absolute Gasteiger partial charge is 0.494 e. The molecule has 0 amide bonds. The summed E-state index contributed by atoms with van der Waals surface area (Å²) >= 11 is 0. The monoisotopic (exact) mass is 342 g/mol. The zero-order chi connectivity index (χ0) is 17.7. The summed E-state index contributed by atoms with van der Waals surface area (Å²) in [6, 6.07) is 0. The topological polar surface area (TPSA) is 38.7 Å². The van der Waals surface area contributed by atoms with Crippen LogP contribution >= 0.6 is 0 Å². The molecule has 0 fully saturated rings. The van der Waals surface area contributed by atoms with Crippen LogP contribution in [0.4, 0.5) is 0 Å². The van der Waals surface area contributed by atoms with Gasteiger partial charge in [-0.15, -0.1) is 0 Å². The van der Waals surface area contributed by atoms with E-state index in [1.807, 2.05) is 6.08 Å². The molecule has 0 heterocycles. The van der Waals surface area contributed by atoms with Crippen LogP contribution in [-0.2, 0) is 9.47 Å². The number of allylic oxidation sites excluding steroid dienone is 1. The highest BCUT2D eigenvalue weighted by molar-refractivity contribution is 4.74. The minimum absolute atomic E-state index is 0.0101. The van der Waals surface area contributed by atoms with Crippen molar-refractivity contribution in [1.82, 2.24) is 0 Å². The lowest BCUT2D eigenvalue weighted by atomic mass is 10.1. The molecule has 3 heteroatoms. The molecule has 0 saturated carbocycles. The maximum atomic E-state index is 9.27. The van der Waals surface area contributed by atoms with E-state index in [9.17, 15) is 5.11 Å². The van der Waals surface area contributed by atoms with Crippen molar-refractivity contribution in [3.05, 3.63) is 12.3 Å². The van der Waals surface area contributed by atoms with Gasteiger partial charge in [0.15, 0.2) is 0 Å². The molecule has 0 bridgehead atoms. The number of ether oxygens (including phenoxy) is 2.